The summed E-state index contributed by atoms with van der Waals surface area (Å²) in [7, 11) is 3.41. The van der Waals surface area contributed by atoms with Gasteiger partial charge in [0.25, 0.3) is 11.6 Å². The van der Waals surface area contributed by atoms with Crippen LogP contribution in [-0.4, -0.2) is 67.6 Å². The van der Waals surface area contributed by atoms with Crippen molar-refractivity contribution >= 4 is 29.5 Å². The Balaban J connectivity index is 2.50. The van der Waals surface area contributed by atoms with Crippen LogP contribution in [0.5, 0.6) is 5.75 Å². The van der Waals surface area contributed by atoms with Gasteiger partial charge in [-0.05, 0) is 23.8 Å². The molecule has 0 aliphatic heterocycles. The number of methoxy groups -OCH3 is 3. The first kappa shape index (κ1) is 26.8. The maximum Gasteiger partial charge on any atom is 0.343 e. The number of carbonyl (C=O) groups excluding carboxylic acids is 4. The number of hydrogen-bond donors (Lipinski definition) is 0. The Morgan fingerprint density at radius 3 is 2.26 bits per heavy atom. The Morgan fingerprint density at radius 1 is 0.943 bits per heavy atom. The van der Waals surface area contributed by atoms with Crippen LogP contribution in [-0.2, 0) is 35.1 Å². The zero-order valence-electron chi connectivity index (χ0n) is 19.3. The molecule has 0 saturated carbocycles. The van der Waals surface area contributed by atoms with Crippen molar-refractivity contribution < 1.29 is 43.0 Å². The minimum absolute atomic E-state index is 0.253. The highest BCUT2D eigenvalue weighted by molar-refractivity contribution is 6.00. The molecule has 2 aromatic carbocycles. The molecule has 2 rings (SSSR count). The second-order valence-corrected chi connectivity index (χ2v) is 7.04. The van der Waals surface area contributed by atoms with Gasteiger partial charge in [0.1, 0.15) is 17.4 Å². The Kier molecular flexibility index (Phi) is 9.70. The van der Waals surface area contributed by atoms with Crippen LogP contribution in [0.15, 0.2) is 48.5 Å². The third-order valence-corrected chi connectivity index (χ3v) is 4.86. The van der Waals surface area contributed by atoms with Crippen molar-refractivity contribution in [3.8, 4) is 5.75 Å². The van der Waals surface area contributed by atoms with Crippen LogP contribution in [0, 0.1) is 10.1 Å². The van der Waals surface area contributed by atoms with Gasteiger partial charge in [0.15, 0.2) is 6.61 Å². The fourth-order valence-corrected chi connectivity index (χ4v) is 3.12. The fraction of sp³-hybridized carbons (Fsp3) is 0.304. The van der Waals surface area contributed by atoms with Gasteiger partial charge in [-0.25, -0.2) is 9.59 Å². The summed E-state index contributed by atoms with van der Waals surface area (Å²) in [6.45, 7) is -0.608. The van der Waals surface area contributed by atoms with E-state index in [-0.39, 0.29) is 24.5 Å². The van der Waals surface area contributed by atoms with E-state index in [1.807, 2.05) is 0 Å². The van der Waals surface area contributed by atoms with Gasteiger partial charge in [0.05, 0.1) is 32.7 Å². The molecule has 0 aromatic heterocycles. The van der Waals surface area contributed by atoms with Crippen LogP contribution in [0.2, 0.25) is 0 Å². The normalized spacial score (nSPS) is 11.1. The van der Waals surface area contributed by atoms with Crippen LogP contribution >= 0.6 is 0 Å². The number of ether oxygens (including phenoxy) is 4. The molecule has 0 spiro atoms. The fourth-order valence-electron chi connectivity index (χ4n) is 3.12. The summed E-state index contributed by atoms with van der Waals surface area (Å²) < 4.78 is 19.3. The first-order valence-electron chi connectivity index (χ1n) is 10.2. The number of nitro groups is 1. The topological polar surface area (TPSA) is 152 Å². The van der Waals surface area contributed by atoms with Crippen molar-refractivity contribution in [2.45, 2.75) is 19.0 Å². The first-order valence-corrected chi connectivity index (χ1v) is 10.2. The van der Waals surface area contributed by atoms with Gasteiger partial charge in [0, 0.05) is 12.6 Å². The van der Waals surface area contributed by atoms with Gasteiger partial charge < -0.3 is 23.8 Å². The summed E-state index contributed by atoms with van der Waals surface area (Å²) >= 11 is 0. The van der Waals surface area contributed by atoms with E-state index in [2.05, 4.69) is 9.47 Å². The smallest absolute Gasteiger partial charge is 0.343 e. The lowest BCUT2D eigenvalue weighted by atomic mass is 10.1. The van der Waals surface area contributed by atoms with E-state index in [4.69, 9.17) is 9.47 Å². The third kappa shape index (κ3) is 7.25. The van der Waals surface area contributed by atoms with Gasteiger partial charge in [-0.2, -0.15) is 0 Å². The minimum Gasteiger partial charge on any atom is -0.482 e. The molecular weight excluding hydrogens is 464 g/mol. The summed E-state index contributed by atoms with van der Waals surface area (Å²) in [5.74, 6) is -2.92. The molecule has 0 radical (unpaired) electrons. The number of esters is 3. The van der Waals surface area contributed by atoms with Crippen molar-refractivity contribution in [2.24, 2.45) is 0 Å². The third-order valence-electron chi connectivity index (χ3n) is 4.86. The average molecular weight is 488 g/mol. The molecule has 12 nitrogen and oxygen atoms in total. The monoisotopic (exact) mass is 488 g/mol. The maximum atomic E-state index is 13.5. The summed E-state index contributed by atoms with van der Waals surface area (Å²) in [5, 5.41) is 11.5. The van der Waals surface area contributed by atoms with Crippen LogP contribution in [0.4, 0.5) is 5.69 Å². The Hall–Kier alpha value is -4.48. The molecule has 0 aliphatic carbocycles. The molecule has 0 N–H and O–H groups in total. The lowest BCUT2D eigenvalue weighted by molar-refractivity contribution is -0.385. The Bertz CT molecular complexity index is 1100. The Morgan fingerprint density at radius 2 is 1.63 bits per heavy atom. The zero-order chi connectivity index (χ0) is 26.0. The molecule has 1 atom stereocenters. The highest BCUT2D eigenvalue weighted by atomic mass is 16.6. The molecule has 35 heavy (non-hydrogen) atoms. The SMILES string of the molecule is COC(=O)COc1cccc(CN(C(=O)c2ccccc2[N+](=O)[O-])[C@@H](CC(=O)OC)C(=O)OC)c1. The van der Waals surface area contributed by atoms with Gasteiger partial charge in [-0.3, -0.25) is 19.7 Å². The van der Waals surface area contributed by atoms with Crippen LogP contribution < -0.4 is 4.74 Å². The van der Waals surface area contributed by atoms with E-state index in [0.29, 0.717) is 5.56 Å². The highest BCUT2D eigenvalue weighted by Crippen LogP contribution is 2.24. The van der Waals surface area contributed by atoms with Crippen molar-refractivity contribution in [1.82, 2.24) is 4.90 Å². The standard InChI is InChI=1S/C23H24N2O10/c1-32-20(26)12-19(23(29)34-3)24(22(28)17-9-4-5-10-18(17)25(30)31)13-15-7-6-8-16(11-15)35-14-21(27)33-2/h4-11,19H,12-14H2,1-3H3/t19-/m0/s1. The number of para-hydroxylation sites is 1. The first-order chi connectivity index (χ1) is 16.7. The van der Waals surface area contributed by atoms with Crippen LogP contribution in [0.1, 0.15) is 22.3 Å². The molecule has 0 saturated heterocycles. The van der Waals surface area contributed by atoms with Crippen LogP contribution in [0.3, 0.4) is 0 Å². The predicted octanol–water partition coefficient (Wildman–Crippen LogP) is 1.89. The van der Waals surface area contributed by atoms with Crippen molar-refractivity contribution in [2.75, 3.05) is 27.9 Å². The number of hydrogen-bond acceptors (Lipinski definition) is 10. The molecule has 1 amide bonds. The molecular formula is C23H24N2O10. The largest absolute Gasteiger partial charge is 0.482 e. The molecule has 186 valence electrons. The molecule has 0 fully saturated rings. The molecule has 0 aliphatic rings. The summed E-state index contributed by atoms with van der Waals surface area (Å²) in [6, 6.07) is 10.1. The number of nitrogens with zero attached hydrogens (tertiary/aromatic N) is 2. The Labute approximate surface area is 200 Å². The number of amides is 1. The molecule has 0 bridgehead atoms. The van der Waals surface area contributed by atoms with Gasteiger partial charge in [-0.15, -0.1) is 0 Å². The number of rotatable bonds is 11. The number of carbonyl (C=O) groups is 4. The summed E-state index contributed by atoms with van der Waals surface area (Å²) in [4.78, 5) is 61.3. The number of benzene rings is 2. The molecule has 12 heteroatoms. The van der Waals surface area contributed by atoms with E-state index >= 15 is 0 Å². The lowest BCUT2D eigenvalue weighted by Gasteiger charge is -2.29. The zero-order valence-corrected chi connectivity index (χ0v) is 19.3. The van der Waals surface area contributed by atoms with E-state index in [1.165, 1.54) is 31.4 Å². The molecule has 2 aromatic rings. The van der Waals surface area contributed by atoms with E-state index < -0.39 is 46.9 Å². The van der Waals surface area contributed by atoms with Crippen LogP contribution in [0.25, 0.3) is 0 Å². The summed E-state index contributed by atoms with van der Waals surface area (Å²) in [6.07, 6.45) is -0.548. The minimum atomic E-state index is -1.44. The van der Waals surface area contributed by atoms with E-state index in [9.17, 15) is 29.3 Å². The summed E-state index contributed by atoms with van der Waals surface area (Å²) in [5.41, 5.74) is -0.313. The maximum absolute atomic E-state index is 13.5. The highest BCUT2D eigenvalue weighted by Gasteiger charge is 2.36. The van der Waals surface area contributed by atoms with Crippen molar-refractivity contribution in [1.29, 1.82) is 0 Å². The lowest BCUT2D eigenvalue weighted by Crippen LogP contribution is -2.46. The van der Waals surface area contributed by atoms with E-state index in [1.54, 1.807) is 18.2 Å². The molecule has 0 heterocycles. The van der Waals surface area contributed by atoms with Crippen molar-refractivity contribution in [3.63, 3.8) is 0 Å². The van der Waals surface area contributed by atoms with Gasteiger partial charge >= 0.3 is 17.9 Å². The predicted molar refractivity (Wildman–Crippen MR) is 119 cm³/mol. The quantitative estimate of drug-likeness (QED) is 0.198. The second-order valence-electron chi connectivity index (χ2n) is 7.04. The second kappa shape index (κ2) is 12.7. The van der Waals surface area contributed by atoms with Gasteiger partial charge in [-0.1, -0.05) is 24.3 Å². The average Bonchev–Trinajstić information content (AvgIpc) is 2.88. The number of nitro benzene ring substituents is 1. The van der Waals surface area contributed by atoms with Gasteiger partial charge in [0.2, 0.25) is 0 Å². The molecule has 0 unspecified atom stereocenters. The van der Waals surface area contributed by atoms with Crippen molar-refractivity contribution in [3.05, 3.63) is 69.8 Å². The van der Waals surface area contributed by atoms with E-state index in [0.717, 1.165) is 25.2 Å².